The molecule has 0 radical (unpaired) electrons. The third-order valence-electron chi connectivity index (χ3n) is 4.99. The number of unbranched alkanes of at least 4 members (excludes halogenated alkanes) is 3. The number of carbonyl (C=O) groups excluding carboxylic acids is 2. The van der Waals surface area contributed by atoms with Gasteiger partial charge in [-0.1, -0.05) is 43.2 Å². The Morgan fingerprint density at radius 1 is 1.10 bits per heavy atom. The molecule has 7 heteroatoms. The van der Waals surface area contributed by atoms with E-state index in [9.17, 15) is 19.7 Å². The number of aldehydes is 1. The molecule has 0 spiro atoms. The number of carbonyl (C=O) groups is 2. The standard InChI is InChI=1S/C23H28N2O5/c1-18-20(17-26)21(25(28)29)13-14-22(18)30-15-9-4-3-8-12-23(27)24(2)16-19-10-6-5-7-11-19/h5-7,10-11,13-14,17H,3-4,8-9,12,15-16H2,1-2H3. The monoisotopic (exact) mass is 412 g/mol. The number of amides is 1. The summed E-state index contributed by atoms with van der Waals surface area (Å²) in [6.07, 6.45) is 4.49. The summed E-state index contributed by atoms with van der Waals surface area (Å²) in [7, 11) is 1.82. The minimum atomic E-state index is -0.570. The van der Waals surface area contributed by atoms with Gasteiger partial charge in [-0.15, -0.1) is 0 Å². The molecule has 0 aliphatic heterocycles. The third-order valence-corrected chi connectivity index (χ3v) is 4.99. The highest BCUT2D eigenvalue weighted by Gasteiger charge is 2.18. The fourth-order valence-electron chi connectivity index (χ4n) is 3.21. The second-order valence-electron chi connectivity index (χ2n) is 7.24. The van der Waals surface area contributed by atoms with Crippen molar-refractivity contribution < 1.29 is 19.2 Å². The second kappa shape index (κ2) is 11.7. The van der Waals surface area contributed by atoms with Gasteiger partial charge in [-0.3, -0.25) is 19.7 Å². The van der Waals surface area contributed by atoms with Gasteiger partial charge in [0.1, 0.15) is 5.75 Å². The van der Waals surface area contributed by atoms with Crippen LogP contribution in [0.2, 0.25) is 0 Å². The summed E-state index contributed by atoms with van der Waals surface area (Å²) >= 11 is 0. The Bertz CT molecular complexity index is 867. The van der Waals surface area contributed by atoms with E-state index in [0.29, 0.717) is 37.2 Å². The minimum Gasteiger partial charge on any atom is -0.493 e. The van der Waals surface area contributed by atoms with Crippen molar-refractivity contribution in [1.82, 2.24) is 4.90 Å². The Kier molecular flexibility index (Phi) is 9.00. The molecule has 0 N–H and O–H groups in total. The fourth-order valence-corrected chi connectivity index (χ4v) is 3.21. The van der Waals surface area contributed by atoms with E-state index in [1.54, 1.807) is 11.8 Å². The normalized spacial score (nSPS) is 10.5. The van der Waals surface area contributed by atoms with Gasteiger partial charge in [-0.05, 0) is 31.4 Å². The van der Waals surface area contributed by atoms with E-state index in [1.807, 2.05) is 37.4 Å². The SMILES string of the molecule is Cc1c(OCCCCCCC(=O)N(C)Cc2ccccc2)ccc([N+](=O)[O-])c1C=O. The molecule has 0 atom stereocenters. The molecule has 0 aliphatic carbocycles. The molecule has 0 saturated heterocycles. The van der Waals surface area contributed by atoms with Gasteiger partial charge in [0.2, 0.25) is 5.91 Å². The van der Waals surface area contributed by atoms with Crippen LogP contribution in [0, 0.1) is 17.0 Å². The van der Waals surface area contributed by atoms with Crippen molar-refractivity contribution in [3.05, 3.63) is 69.3 Å². The van der Waals surface area contributed by atoms with Crippen LogP contribution in [-0.4, -0.2) is 35.7 Å². The molecule has 7 nitrogen and oxygen atoms in total. The van der Waals surface area contributed by atoms with Gasteiger partial charge in [0, 0.05) is 31.6 Å². The maximum absolute atomic E-state index is 12.2. The average Bonchev–Trinajstić information content (AvgIpc) is 2.74. The van der Waals surface area contributed by atoms with E-state index in [4.69, 9.17) is 4.74 Å². The van der Waals surface area contributed by atoms with E-state index in [2.05, 4.69) is 0 Å². The number of nitro benzene ring substituents is 1. The van der Waals surface area contributed by atoms with Crippen LogP contribution in [0.4, 0.5) is 5.69 Å². The highest BCUT2D eigenvalue weighted by Crippen LogP contribution is 2.28. The molecule has 1 amide bonds. The van der Waals surface area contributed by atoms with Crippen molar-refractivity contribution in [2.24, 2.45) is 0 Å². The van der Waals surface area contributed by atoms with Crippen molar-refractivity contribution in [2.45, 2.75) is 45.6 Å². The Labute approximate surface area is 176 Å². The Morgan fingerprint density at radius 2 is 1.80 bits per heavy atom. The highest BCUT2D eigenvalue weighted by molar-refractivity contribution is 5.84. The highest BCUT2D eigenvalue weighted by atomic mass is 16.6. The number of nitro groups is 1. The van der Waals surface area contributed by atoms with E-state index in [1.165, 1.54) is 12.1 Å². The quantitative estimate of drug-likeness (QED) is 0.218. The molecule has 0 unspecified atom stereocenters. The zero-order valence-electron chi connectivity index (χ0n) is 17.5. The number of benzene rings is 2. The van der Waals surface area contributed by atoms with Gasteiger partial charge in [-0.25, -0.2) is 0 Å². The van der Waals surface area contributed by atoms with Gasteiger partial charge in [0.05, 0.1) is 17.1 Å². The van der Waals surface area contributed by atoms with Crippen LogP contribution in [-0.2, 0) is 11.3 Å². The lowest BCUT2D eigenvalue weighted by atomic mass is 10.1. The number of hydrogen-bond acceptors (Lipinski definition) is 5. The summed E-state index contributed by atoms with van der Waals surface area (Å²) in [6, 6.07) is 12.7. The molecule has 0 aliphatic rings. The zero-order chi connectivity index (χ0) is 21.9. The van der Waals surface area contributed by atoms with Crippen molar-refractivity contribution >= 4 is 17.9 Å². The molecule has 0 fully saturated rings. The van der Waals surface area contributed by atoms with Crippen molar-refractivity contribution in [3.8, 4) is 5.75 Å². The first-order valence-electron chi connectivity index (χ1n) is 10.1. The molecule has 2 aromatic carbocycles. The summed E-state index contributed by atoms with van der Waals surface area (Å²) in [6.45, 7) is 2.72. The summed E-state index contributed by atoms with van der Waals surface area (Å²) in [5.41, 5.74) is 1.43. The lowest BCUT2D eigenvalue weighted by molar-refractivity contribution is -0.385. The lowest BCUT2D eigenvalue weighted by Crippen LogP contribution is -2.25. The first kappa shape index (κ1) is 23.1. The molecule has 0 saturated carbocycles. The maximum Gasteiger partial charge on any atom is 0.280 e. The summed E-state index contributed by atoms with van der Waals surface area (Å²) in [5, 5.41) is 11.0. The summed E-state index contributed by atoms with van der Waals surface area (Å²) < 4.78 is 5.69. The van der Waals surface area contributed by atoms with E-state index < -0.39 is 4.92 Å². The lowest BCUT2D eigenvalue weighted by Gasteiger charge is -2.17. The minimum absolute atomic E-state index is 0.0515. The van der Waals surface area contributed by atoms with Crippen molar-refractivity contribution in [3.63, 3.8) is 0 Å². The first-order chi connectivity index (χ1) is 14.4. The van der Waals surface area contributed by atoms with Crippen LogP contribution in [0.5, 0.6) is 5.75 Å². The predicted molar refractivity (Wildman–Crippen MR) is 115 cm³/mol. The molecule has 160 valence electrons. The smallest absolute Gasteiger partial charge is 0.280 e. The Morgan fingerprint density at radius 3 is 2.47 bits per heavy atom. The van der Waals surface area contributed by atoms with Gasteiger partial charge in [0.15, 0.2) is 6.29 Å². The Balaban J connectivity index is 1.66. The number of rotatable bonds is 12. The van der Waals surface area contributed by atoms with Crippen LogP contribution < -0.4 is 4.74 Å². The number of nitrogens with zero attached hydrogens (tertiary/aromatic N) is 2. The zero-order valence-corrected chi connectivity index (χ0v) is 17.5. The molecule has 0 aromatic heterocycles. The van der Waals surface area contributed by atoms with Gasteiger partial charge in [-0.2, -0.15) is 0 Å². The summed E-state index contributed by atoms with van der Waals surface area (Å²) in [5.74, 6) is 0.624. The summed E-state index contributed by atoms with van der Waals surface area (Å²) in [4.78, 5) is 35.5. The molecule has 0 bridgehead atoms. The number of ether oxygens (including phenoxy) is 1. The van der Waals surface area contributed by atoms with Gasteiger partial charge >= 0.3 is 0 Å². The molecular formula is C23H28N2O5. The van der Waals surface area contributed by atoms with Crippen LogP contribution in [0.1, 0.15) is 53.6 Å². The first-order valence-corrected chi connectivity index (χ1v) is 10.1. The average molecular weight is 412 g/mol. The maximum atomic E-state index is 12.2. The van der Waals surface area contributed by atoms with Crippen LogP contribution in [0.3, 0.4) is 0 Å². The van der Waals surface area contributed by atoms with Gasteiger partial charge < -0.3 is 9.64 Å². The third kappa shape index (κ3) is 6.69. The van der Waals surface area contributed by atoms with Crippen LogP contribution >= 0.6 is 0 Å². The molecular weight excluding hydrogens is 384 g/mol. The molecule has 2 aromatic rings. The predicted octanol–water partition coefficient (Wildman–Crippen LogP) is 4.70. The Hall–Kier alpha value is -3.22. The van der Waals surface area contributed by atoms with E-state index >= 15 is 0 Å². The van der Waals surface area contributed by atoms with Crippen molar-refractivity contribution in [2.75, 3.05) is 13.7 Å². The fraction of sp³-hybridized carbons (Fsp3) is 0.391. The second-order valence-corrected chi connectivity index (χ2v) is 7.24. The van der Waals surface area contributed by atoms with Crippen LogP contribution in [0.25, 0.3) is 0 Å². The van der Waals surface area contributed by atoms with Gasteiger partial charge in [0.25, 0.3) is 5.69 Å². The largest absolute Gasteiger partial charge is 0.493 e. The van der Waals surface area contributed by atoms with Crippen LogP contribution in [0.15, 0.2) is 42.5 Å². The number of hydrogen-bond donors (Lipinski definition) is 0. The molecule has 0 heterocycles. The van der Waals surface area contributed by atoms with Crippen molar-refractivity contribution in [1.29, 1.82) is 0 Å². The molecule has 2 rings (SSSR count). The van der Waals surface area contributed by atoms with E-state index in [-0.39, 0.29) is 17.2 Å². The van der Waals surface area contributed by atoms with E-state index in [0.717, 1.165) is 31.2 Å². The molecule has 30 heavy (non-hydrogen) atoms. The topological polar surface area (TPSA) is 89.8 Å².